The third-order valence-corrected chi connectivity index (χ3v) is 2.82. The van der Waals surface area contributed by atoms with Crippen molar-refractivity contribution in [3.05, 3.63) is 36.9 Å². The molecule has 18 heavy (non-hydrogen) atoms. The maximum Gasteiger partial charge on any atom is 0.251 e. The molecule has 0 radical (unpaired) electrons. The summed E-state index contributed by atoms with van der Waals surface area (Å²) < 4.78 is 5.04. The first-order valence-electron chi connectivity index (χ1n) is 5.54. The molecule has 1 atom stereocenters. The first kappa shape index (κ1) is 12.2. The lowest BCUT2D eigenvalue weighted by Crippen LogP contribution is -2.64. The van der Waals surface area contributed by atoms with Gasteiger partial charge in [0.15, 0.2) is 0 Å². The Morgan fingerprint density at radius 1 is 1.50 bits per heavy atom. The van der Waals surface area contributed by atoms with Crippen LogP contribution in [0.5, 0.6) is 5.75 Å². The predicted molar refractivity (Wildman–Crippen MR) is 67.5 cm³/mol. The van der Waals surface area contributed by atoms with Gasteiger partial charge in [-0.1, -0.05) is 6.58 Å². The normalized spacial score (nSPS) is 17.9. The topological polar surface area (TPSA) is 58.6 Å². The van der Waals surface area contributed by atoms with Crippen LogP contribution < -0.4 is 15.0 Å². The standard InChI is InChI=1S/C13H14N2O3/c1-3-12(16)14-11-8-15(13(11)17)9-4-6-10(18-2)7-5-9/h3-7,11H,1,8H2,2H3,(H,14,16). The third kappa shape index (κ3) is 2.20. The van der Waals surface area contributed by atoms with E-state index < -0.39 is 6.04 Å². The van der Waals surface area contributed by atoms with Gasteiger partial charge >= 0.3 is 0 Å². The second-order valence-corrected chi connectivity index (χ2v) is 3.91. The maximum absolute atomic E-state index is 11.8. The summed E-state index contributed by atoms with van der Waals surface area (Å²) in [5.41, 5.74) is 0.796. The summed E-state index contributed by atoms with van der Waals surface area (Å²) in [6, 6.07) is 6.75. The molecule has 1 aliphatic heterocycles. The second-order valence-electron chi connectivity index (χ2n) is 3.91. The molecule has 5 nitrogen and oxygen atoms in total. The molecule has 0 bridgehead atoms. The minimum Gasteiger partial charge on any atom is -0.497 e. The number of benzene rings is 1. The predicted octanol–water partition coefficient (Wildman–Crippen LogP) is 0.713. The zero-order chi connectivity index (χ0) is 13.1. The van der Waals surface area contributed by atoms with Crippen molar-refractivity contribution >= 4 is 17.5 Å². The first-order chi connectivity index (χ1) is 8.65. The number of hydrogen-bond acceptors (Lipinski definition) is 3. The number of hydrogen-bond donors (Lipinski definition) is 1. The van der Waals surface area contributed by atoms with E-state index in [0.717, 1.165) is 17.5 Å². The Kier molecular flexibility index (Phi) is 3.32. The molecule has 1 heterocycles. The van der Waals surface area contributed by atoms with Gasteiger partial charge in [0.25, 0.3) is 5.91 Å². The summed E-state index contributed by atoms with van der Waals surface area (Å²) in [6.45, 7) is 3.82. The van der Waals surface area contributed by atoms with Gasteiger partial charge in [-0.2, -0.15) is 0 Å². The van der Waals surface area contributed by atoms with Gasteiger partial charge in [-0.05, 0) is 30.3 Å². The Morgan fingerprint density at radius 3 is 2.67 bits per heavy atom. The van der Waals surface area contributed by atoms with E-state index in [2.05, 4.69) is 11.9 Å². The summed E-state index contributed by atoms with van der Waals surface area (Å²) in [4.78, 5) is 24.5. The SMILES string of the molecule is C=CC(=O)NC1CN(c2ccc(OC)cc2)C1=O. The average Bonchev–Trinajstić information content (AvgIpc) is 2.42. The van der Waals surface area contributed by atoms with E-state index in [-0.39, 0.29) is 11.8 Å². The zero-order valence-corrected chi connectivity index (χ0v) is 10.1. The highest BCUT2D eigenvalue weighted by Crippen LogP contribution is 2.24. The fourth-order valence-electron chi connectivity index (χ4n) is 1.76. The molecule has 2 amide bonds. The van der Waals surface area contributed by atoms with Crippen LogP contribution in [0.25, 0.3) is 0 Å². The largest absolute Gasteiger partial charge is 0.497 e. The Balaban J connectivity index is 1.98. The van der Waals surface area contributed by atoms with Crippen LogP contribution in [-0.2, 0) is 9.59 Å². The minimum atomic E-state index is -0.447. The number of methoxy groups -OCH3 is 1. The van der Waals surface area contributed by atoms with Crippen LogP contribution in [0.2, 0.25) is 0 Å². The van der Waals surface area contributed by atoms with E-state index in [4.69, 9.17) is 4.74 Å². The van der Waals surface area contributed by atoms with Gasteiger partial charge in [-0.15, -0.1) is 0 Å². The highest BCUT2D eigenvalue weighted by Gasteiger charge is 2.38. The number of ether oxygens (including phenoxy) is 1. The van der Waals surface area contributed by atoms with Crippen LogP contribution in [0, 0.1) is 0 Å². The third-order valence-electron chi connectivity index (χ3n) is 2.82. The lowest BCUT2D eigenvalue weighted by Gasteiger charge is -2.38. The number of anilines is 1. The molecule has 1 aromatic carbocycles. The van der Waals surface area contributed by atoms with Crippen molar-refractivity contribution in [1.82, 2.24) is 5.32 Å². The average molecular weight is 246 g/mol. The Morgan fingerprint density at radius 2 is 2.17 bits per heavy atom. The number of carbonyl (C=O) groups excluding carboxylic acids is 2. The van der Waals surface area contributed by atoms with E-state index in [9.17, 15) is 9.59 Å². The van der Waals surface area contributed by atoms with Gasteiger partial charge in [0.05, 0.1) is 13.7 Å². The van der Waals surface area contributed by atoms with Crippen LogP contribution in [0.3, 0.4) is 0 Å². The molecule has 94 valence electrons. The van der Waals surface area contributed by atoms with Crippen molar-refractivity contribution in [3.8, 4) is 5.75 Å². The summed E-state index contributed by atoms with van der Waals surface area (Å²) in [5.74, 6) is 0.293. The molecular formula is C13H14N2O3. The molecule has 0 saturated carbocycles. The van der Waals surface area contributed by atoms with Gasteiger partial charge in [-0.25, -0.2) is 0 Å². The molecule has 1 unspecified atom stereocenters. The van der Waals surface area contributed by atoms with Crippen LogP contribution in [0.4, 0.5) is 5.69 Å². The summed E-state index contributed by atoms with van der Waals surface area (Å²) in [7, 11) is 1.59. The van der Waals surface area contributed by atoms with Crippen molar-refractivity contribution in [1.29, 1.82) is 0 Å². The van der Waals surface area contributed by atoms with Crippen molar-refractivity contribution in [3.63, 3.8) is 0 Å². The molecule has 0 aliphatic carbocycles. The summed E-state index contributed by atoms with van der Waals surface area (Å²) in [5, 5.41) is 2.57. The first-order valence-corrected chi connectivity index (χ1v) is 5.54. The molecule has 0 aromatic heterocycles. The van der Waals surface area contributed by atoms with E-state index in [1.165, 1.54) is 0 Å². The molecule has 1 saturated heterocycles. The van der Waals surface area contributed by atoms with Gasteiger partial charge < -0.3 is 15.0 Å². The Hall–Kier alpha value is -2.30. The van der Waals surface area contributed by atoms with Crippen molar-refractivity contribution < 1.29 is 14.3 Å². The number of amides is 2. The lowest BCUT2D eigenvalue weighted by molar-refractivity contribution is -0.128. The monoisotopic (exact) mass is 246 g/mol. The molecular weight excluding hydrogens is 232 g/mol. The van der Waals surface area contributed by atoms with E-state index >= 15 is 0 Å². The van der Waals surface area contributed by atoms with E-state index in [0.29, 0.717) is 6.54 Å². The van der Waals surface area contributed by atoms with Gasteiger partial charge in [0.2, 0.25) is 5.91 Å². The fourth-order valence-corrected chi connectivity index (χ4v) is 1.76. The highest BCUT2D eigenvalue weighted by atomic mass is 16.5. The smallest absolute Gasteiger partial charge is 0.251 e. The Bertz CT molecular complexity index is 482. The molecule has 1 N–H and O–H groups in total. The molecule has 5 heteroatoms. The zero-order valence-electron chi connectivity index (χ0n) is 10.1. The maximum atomic E-state index is 11.8. The van der Waals surface area contributed by atoms with Crippen molar-refractivity contribution in [2.24, 2.45) is 0 Å². The minimum absolute atomic E-state index is 0.115. The molecule has 1 aromatic rings. The van der Waals surface area contributed by atoms with E-state index in [1.807, 2.05) is 12.1 Å². The lowest BCUT2D eigenvalue weighted by atomic mass is 10.1. The number of rotatable bonds is 4. The van der Waals surface area contributed by atoms with Gasteiger partial charge in [0.1, 0.15) is 11.8 Å². The number of nitrogens with one attached hydrogen (secondary N) is 1. The van der Waals surface area contributed by atoms with Crippen LogP contribution >= 0.6 is 0 Å². The molecule has 0 spiro atoms. The van der Waals surface area contributed by atoms with E-state index in [1.54, 1.807) is 24.1 Å². The van der Waals surface area contributed by atoms with Crippen LogP contribution in [0.1, 0.15) is 0 Å². The van der Waals surface area contributed by atoms with Crippen molar-refractivity contribution in [2.45, 2.75) is 6.04 Å². The highest BCUT2D eigenvalue weighted by molar-refractivity contribution is 6.06. The van der Waals surface area contributed by atoms with Gasteiger partial charge in [-0.3, -0.25) is 9.59 Å². The van der Waals surface area contributed by atoms with Gasteiger partial charge in [0, 0.05) is 5.69 Å². The molecule has 1 aliphatic rings. The molecule has 1 fully saturated rings. The fraction of sp³-hybridized carbons (Fsp3) is 0.231. The van der Waals surface area contributed by atoms with Crippen LogP contribution in [-0.4, -0.2) is 31.5 Å². The number of nitrogens with zero attached hydrogens (tertiary/aromatic N) is 1. The number of β-lactam (4-membered cyclic amide) rings is 1. The quantitative estimate of drug-likeness (QED) is 0.629. The summed E-state index contributed by atoms with van der Waals surface area (Å²) in [6.07, 6.45) is 1.16. The summed E-state index contributed by atoms with van der Waals surface area (Å²) >= 11 is 0. The Labute approximate surface area is 105 Å². The second kappa shape index (κ2) is 4.91. The van der Waals surface area contributed by atoms with Crippen LogP contribution in [0.15, 0.2) is 36.9 Å². The molecule has 2 rings (SSSR count). The number of carbonyl (C=O) groups is 2. The van der Waals surface area contributed by atoms with Crippen molar-refractivity contribution in [2.75, 3.05) is 18.6 Å².